The van der Waals surface area contributed by atoms with Gasteiger partial charge in [0.1, 0.15) is 5.76 Å². The molecular weight excluding hydrogens is 352 g/mol. The van der Waals surface area contributed by atoms with Crippen molar-refractivity contribution in [3.05, 3.63) is 71.6 Å². The van der Waals surface area contributed by atoms with E-state index in [4.69, 9.17) is 18.3 Å². The molecule has 1 aromatic carbocycles. The van der Waals surface area contributed by atoms with Crippen LogP contribution in [0.25, 0.3) is 0 Å². The maximum Gasteiger partial charge on any atom is 0.379 e. The van der Waals surface area contributed by atoms with Crippen LogP contribution in [0, 0.1) is 6.92 Å². The van der Waals surface area contributed by atoms with Gasteiger partial charge in [0.25, 0.3) is 5.91 Å². The molecule has 0 aliphatic heterocycles. The summed E-state index contributed by atoms with van der Waals surface area (Å²) in [6.07, 6.45) is 4.25. The fourth-order valence-electron chi connectivity index (χ4n) is 2.24. The van der Waals surface area contributed by atoms with Gasteiger partial charge in [-0.25, -0.2) is 10.2 Å². The van der Waals surface area contributed by atoms with Crippen LogP contribution in [-0.4, -0.2) is 25.2 Å². The third-order valence-corrected chi connectivity index (χ3v) is 3.60. The normalized spacial score (nSPS) is 10.7. The summed E-state index contributed by atoms with van der Waals surface area (Å²) in [5, 5.41) is 3.90. The van der Waals surface area contributed by atoms with Crippen molar-refractivity contribution in [2.24, 2.45) is 5.10 Å². The van der Waals surface area contributed by atoms with E-state index in [1.54, 1.807) is 37.3 Å². The summed E-state index contributed by atoms with van der Waals surface area (Å²) in [5.41, 5.74) is 3.45. The number of rotatable bonds is 6. The molecule has 0 radical (unpaired) electrons. The highest BCUT2D eigenvalue weighted by Crippen LogP contribution is 2.28. The molecule has 2 heterocycles. The molecule has 0 bridgehead atoms. The van der Waals surface area contributed by atoms with Crippen molar-refractivity contribution in [1.29, 1.82) is 0 Å². The van der Waals surface area contributed by atoms with Crippen LogP contribution < -0.4 is 14.9 Å². The zero-order chi connectivity index (χ0) is 19.2. The quantitative estimate of drug-likeness (QED) is 0.310. The van der Waals surface area contributed by atoms with Gasteiger partial charge in [0.2, 0.25) is 5.76 Å². The number of benzene rings is 1. The maximum absolute atomic E-state index is 12.0. The second-order valence-electron chi connectivity index (χ2n) is 5.37. The first-order chi connectivity index (χ1) is 13.1. The van der Waals surface area contributed by atoms with Crippen LogP contribution >= 0.6 is 0 Å². The highest BCUT2D eigenvalue weighted by molar-refractivity contribution is 5.95. The lowest BCUT2D eigenvalue weighted by atomic mass is 10.2. The molecule has 27 heavy (non-hydrogen) atoms. The largest absolute Gasteiger partial charge is 0.493 e. The second kappa shape index (κ2) is 8.05. The molecule has 0 saturated heterocycles. The Morgan fingerprint density at radius 1 is 1.11 bits per heavy atom. The molecule has 8 nitrogen and oxygen atoms in total. The fraction of sp³-hybridized carbons (Fsp3) is 0.105. The minimum Gasteiger partial charge on any atom is -0.493 e. The summed E-state index contributed by atoms with van der Waals surface area (Å²) >= 11 is 0. The van der Waals surface area contributed by atoms with Crippen molar-refractivity contribution in [3.63, 3.8) is 0 Å². The predicted molar refractivity (Wildman–Crippen MR) is 95.2 cm³/mol. The molecule has 0 fully saturated rings. The van der Waals surface area contributed by atoms with Crippen LogP contribution in [0.3, 0.4) is 0 Å². The Balaban J connectivity index is 1.67. The Bertz CT molecular complexity index is 972. The summed E-state index contributed by atoms with van der Waals surface area (Å²) in [7, 11) is 1.45. The highest BCUT2D eigenvalue weighted by Gasteiger charge is 2.15. The van der Waals surface area contributed by atoms with E-state index in [9.17, 15) is 9.59 Å². The Morgan fingerprint density at radius 3 is 2.63 bits per heavy atom. The Labute approximate surface area is 154 Å². The molecule has 0 aliphatic carbocycles. The zero-order valence-electron chi connectivity index (χ0n) is 14.6. The minimum absolute atomic E-state index is 0.0833. The molecule has 0 unspecified atom stereocenters. The number of carbonyl (C=O) groups excluding carboxylic acids is 2. The van der Waals surface area contributed by atoms with Gasteiger partial charge in [-0.15, -0.1) is 0 Å². The number of hydrogen-bond acceptors (Lipinski definition) is 7. The number of esters is 1. The zero-order valence-corrected chi connectivity index (χ0v) is 14.6. The number of methoxy groups -OCH3 is 1. The monoisotopic (exact) mass is 368 g/mol. The second-order valence-corrected chi connectivity index (χ2v) is 5.37. The first kappa shape index (κ1) is 18.0. The number of hydrogen-bond donors (Lipinski definition) is 1. The first-order valence-corrected chi connectivity index (χ1v) is 7.89. The summed E-state index contributed by atoms with van der Waals surface area (Å²) in [6, 6.07) is 9.48. The highest BCUT2D eigenvalue weighted by atomic mass is 16.6. The number of carbonyl (C=O) groups is 2. The Hall–Kier alpha value is -3.81. The lowest BCUT2D eigenvalue weighted by Gasteiger charge is -2.09. The van der Waals surface area contributed by atoms with Crippen LogP contribution in [0.2, 0.25) is 0 Å². The van der Waals surface area contributed by atoms with E-state index in [0.717, 1.165) is 0 Å². The van der Waals surface area contributed by atoms with Crippen molar-refractivity contribution in [1.82, 2.24) is 5.43 Å². The molecule has 8 heteroatoms. The standard InChI is InChI=1S/C19H16N2O6/c1-12-14(7-9-25-12)18(22)21-20-11-13-5-6-15(17(10-13)24-2)27-19(23)16-4-3-8-26-16/h3-11H,1-2H3,(H,21,22)/b20-11-. The molecule has 138 valence electrons. The van der Waals surface area contributed by atoms with Gasteiger partial charge >= 0.3 is 5.97 Å². The predicted octanol–water partition coefficient (Wildman–Crippen LogP) is 3.17. The summed E-state index contributed by atoms with van der Waals surface area (Å²) < 4.78 is 20.6. The third-order valence-electron chi connectivity index (χ3n) is 3.60. The van der Waals surface area contributed by atoms with Crippen molar-refractivity contribution in [3.8, 4) is 11.5 Å². The number of amides is 1. The van der Waals surface area contributed by atoms with Gasteiger partial charge in [-0.3, -0.25) is 4.79 Å². The van der Waals surface area contributed by atoms with Crippen LogP contribution in [0.5, 0.6) is 11.5 Å². The van der Waals surface area contributed by atoms with E-state index >= 15 is 0 Å². The molecule has 1 amide bonds. The number of nitrogens with zero attached hydrogens (tertiary/aromatic N) is 1. The lowest BCUT2D eigenvalue weighted by molar-refractivity contribution is 0.0696. The molecule has 1 N–H and O–H groups in total. The average Bonchev–Trinajstić information content (AvgIpc) is 3.34. The summed E-state index contributed by atoms with van der Waals surface area (Å²) in [5.74, 6) is 0.132. The van der Waals surface area contributed by atoms with Gasteiger partial charge in [-0.1, -0.05) is 0 Å². The molecule has 0 spiro atoms. The van der Waals surface area contributed by atoms with E-state index in [-0.39, 0.29) is 17.4 Å². The van der Waals surface area contributed by atoms with Crippen molar-refractivity contribution in [2.75, 3.05) is 7.11 Å². The van der Waals surface area contributed by atoms with Crippen molar-refractivity contribution < 1.29 is 27.9 Å². The van der Waals surface area contributed by atoms with E-state index in [1.165, 1.54) is 31.9 Å². The number of hydrazone groups is 1. The number of nitrogens with one attached hydrogen (secondary N) is 1. The summed E-state index contributed by atoms with van der Waals surface area (Å²) in [6.45, 7) is 1.69. The average molecular weight is 368 g/mol. The van der Waals surface area contributed by atoms with E-state index < -0.39 is 5.97 Å². The van der Waals surface area contributed by atoms with Gasteiger partial charge in [-0.2, -0.15) is 5.10 Å². The van der Waals surface area contributed by atoms with E-state index in [1.807, 2.05) is 0 Å². The topological polar surface area (TPSA) is 103 Å². The molecular formula is C19H16N2O6. The lowest BCUT2D eigenvalue weighted by Crippen LogP contribution is -2.17. The van der Waals surface area contributed by atoms with Gasteiger partial charge in [0.15, 0.2) is 11.5 Å². The molecule has 0 aliphatic rings. The molecule has 0 atom stereocenters. The SMILES string of the molecule is COc1cc(/C=N\NC(=O)c2ccoc2C)ccc1OC(=O)c1ccco1. The number of furan rings is 2. The van der Waals surface area contributed by atoms with Crippen molar-refractivity contribution >= 4 is 18.1 Å². The first-order valence-electron chi connectivity index (χ1n) is 7.89. The van der Waals surface area contributed by atoms with Gasteiger partial charge < -0.3 is 18.3 Å². The number of ether oxygens (including phenoxy) is 2. The molecule has 3 rings (SSSR count). The van der Waals surface area contributed by atoms with Crippen LogP contribution in [-0.2, 0) is 0 Å². The van der Waals surface area contributed by atoms with E-state index in [0.29, 0.717) is 22.6 Å². The van der Waals surface area contributed by atoms with Crippen LogP contribution in [0.4, 0.5) is 0 Å². The summed E-state index contributed by atoms with van der Waals surface area (Å²) in [4.78, 5) is 23.9. The van der Waals surface area contributed by atoms with Gasteiger partial charge in [0, 0.05) is 0 Å². The Morgan fingerprint density at radius 2 is 1.96 bits per heavy atom. The molecule has 3 aromatic rings. The Kier molecular flexibility index (Phi) is 5.36. The van der Waals surface area contributed by atoms with E-state index in [2.05, 4.69) is 10.5 Å². The van der Waals surface area contributed by atoms with Crippen LogP contribution in [0.1, 0.15) is 32.2 Å². The van der Waals surface area contributed by atoms with Crippen molar-refractivity contribution in [2.45, 2.75) is 6.92 Å². The van der Waals surface area contributed by atoms with Gasteiger partial charge in [0.05, 0.1) is 31.4 Å². The number of aryl methyl sites for hydroxylation is 1. The third kappa shape index (κ3) is 4.24. The maximum atomic E-state index is 12.0. The van der Waals surface area contributed by atoms with Gasteiger partial charge in [-0.05, 0) is 48.9 Å². The van der Waals surface area contributed by atoms with Crippen LogP contribution in [0.15, 0.2) is 62.9 Å². The molecule has 0 saturated carbocycles. The fourth-order valence-corrected chi connectivity index (χ4v) is 2.24. The smallest absolute Gasteiger partial charge is 0.379 e. The minimum atomic E-state index is -0.637. The molecule has 2 aromatic heterocycles.